The molecule has 0 aromatic heterocycles. The minimum absolute atomic E-state index is 0.0990. The molecular formula is C11H14N2O5. The van der Waals surface area contributed by atoms with Gasteiger partial charge >= 0.3 is 11.7 Å². The van der Waals surface area contributed by atoms with Crippen molar-refractivity contribution >= 4 is 17.3 Å². The first-order valence-electron chi connectivity index (χ1n) is 5.16. The van der Waals surface area contributed by atoms with Crippen LogP contribution in [-0.4, -0.2) is 36.2 Å². The van der Waals surface area contributed by atoms with Crippen LogP contribution >= 0.6 is 0 Å². The second-order valence-electron chi connectivity index (χ2n) is 3.74. The van der Waals surface area contributed by atoms with Gasteiger partial charge in [0.15, 0.2) is 5.75 Å². The minimum atomic E-state index is -0.977. The quantitative estimate of drug-likeness (QED) is 0.632. The van der Waals surface area contributed by atoms with Crippen LogP contribution in [0.15, 0.2) is 18.2 Å². The maximum atomic E-state index is 10.9. The lowest BCUT2D eigenvalue weighted by Gasteiger charge is -2.23. The van der Waals surface area contributed by atoms with Gasteiger partial charge in [0.1, 0.15) is 6.04 Å². The number of carbonyl (C=O) groups is 1. The maximum absolute atomic E-state index is 10.9. The van der Waals surface area contributed by atoms with Gasteiger partial charge in [-0.15, -0.1) is 0 Å². The number of aliphatic carboxylic acids is 1. The van der Waals surface area contributed by atoms with Crippen LogP contribution in [0.2, 0.25) is 0 Å². The molecule has 1 aromatic carbocycles. The Morgan fingerprint density at radius 2 is 2.17 bits per heavy atom. The zero-order chi connectivity index (χ0) is 13.9. The molecule has 0 fully saturated rings. The Hall–Kier alpha value is -2.31. The summed E-state index contributed by atoms with van der Waals surface area (Å²) in [5.74, 6) is -0.878. The van der Waals surface area contributed by atoms with E-state index in [1.807, 2.05) is 0 Å². The fourth-order valence-electron chi connectivity index (χ4n) is 1.43. The van der Waals surface area contributed by atoms with Crippen molar-refractivity contribution in [2.75, 3.05) is 19.1 Å². The van der Waals surface area contributed by atoms with Crippen molar-refractivity contribution in [2.24, 2.45) is 0 Å². The summed E-state index contributed by atoms with van der Waals surface area (Å²) in [5, 5.41) is 19.6. The van der Waals surface area contributed by atoms with Crippen LogP contribution in [0.25, 0.3) is 0 Å². The van der Waals surface area contributed by atoms with Gasteiger partial charge in [-0.05, 0) is 13.0 Å². The molecule has 1 N–H and O–H groups in total. The van der Waals surface area contributed by atoms with E-state index in [0.29, 0.717) is 5.69 Å². The molecule has 0 spiro atoms. The number of ether oxygens (including phenoxy) is 1. The van der Waals surface area contributed by atoms with E-state index in [0.717, 1.165) is 0 Å². The van der Waals surface area contributed by atoms with E-state index in [1.165, 1.54) is 37.1 Å². The van der Waals surface area contributed by atoms with Crippen LogP contribution < -0.4 is 9.64 Å². The number of rotatable bonds is 5. The third-order valence-electron chi connectivity index (χ3n) is 2.71. The number of benzene rings is 1. The molecule has 0 saturated carbocycles. The SMILES string of the molecule is COc1cc(N(C)C(C)C(=O)O)ccc1[N+](=O)[O-]. The molecule has 0 saturated heterocycles. The number of methoxy groups -OCH3 is 1. The van der Waals surface area contributed by atoms with E-state index in [9.17, 15) is 14.9 Å². The summed E-state index contributed by atoms with van der Waals surface area (Å²) in [6.45, 7) is 1.52. The van der Waals surface area contributed by atoms with Crippen molar-refractivity contribution < 1.29 is 19.6 Å². The summed E-state index contributed by atoms with van der Waals surface area (Å²) >= 11 is 0. The predicted molar refractivity (Wildman–Crippen MR) is 65.1 cm³/mol. The summed E-state index contributed by atoms with van der Waals surface area (Å²) in [6.07, 6.45) is 0. The number of nitro groups is 1. The van der Waals surface area contributed by atoms with Crippen LogP contribution in [0, 0.1) is 10.1 Å². The molecule has 1 rings (SSSR count). The van der Waals surface area contributed by atoms with Gasteiger partial charge in [-0.1, -0.05) is 0 Å². The van der Waals surface area contributed by atoms with Gasteiger partial charge in [0.2, 0.25) is 0 Å². The highest BCUT2D eigenvalue weighted by Gasteiger charge is 2.21. The lowest BCUT2D eigenvalue weighted by Crippen LogP contribution is -2.35. The smallest absolute Gasteiger partial charge is 0.326 e. The second-order valence-corrected chi connectivity index (χ2v) is 3.74. The van der Waals surface area contributed by atoms with E-state index in [-0.39, 0.29) is 11.4 Å². The Morgan fingerprint density at radius 1 is 1.56 bits per heavy atom. The number of likely N-dealkylation sites (N-methyl/N-ethyl adjacent to an activating group) is 1. The molecule has 7 heteroatoms. The Bertz CT molecular complexity index is 475. The third-order valence-corrected chi connectivity index (χ3v) is 2.71. The van der Waals surface area contributed by atoms with E-state index in [1.54, 1.807) is 7.05 Å². The number of anilines is 1. The summed E-state index contributed by atoms with van der Waals surface area (Å²) in [6, 6.07) is 3.48. The molecule has 0 bridgehead atoms. The van der Waals surface area contributed by atoms with Gasteiger partial charge in [0.25, 0.3) is 0 Å². The van der Waals surface area contributed by atoms with Crippen molar-refractivity contribution in [1.29, 1.82) is 0 Å². The Morgan fingerprint density at radius 3 is 2.61 bits per heavy atom. The summed E-state index contributed by atoms with van der Waals surface area (Å²) in [7, 11) is 2.92. The number of nitro benzene ring substituents is 1. The molecule has 1 aromatic rings. The number of nitrogens with zero attached hydrogens (tertiary/aromatic N) is 2. The highest BCUT2D eigenvalue weighted by molar-refractivity contribution is 5.78. The Kier molecular flexibility index (Phi) is 4.09. The molecule has 0 aliphatic heterocycles. The van der Waals surface area contributed by atoms with Gasteiger partial charge in [-0.25, -0.2) is 4.79 Å². The molecule has 1 atom stereocenters. The van der Waals surface area contributed by atoms with Crippen molar-refractivity contribution in [3.8, 4) is 5.75 Å². The Labute approximate surface area is 104 Å². The molecule has 18 heavy (non-hydrogen) atoms. The maximum Gasteiger partial charge on any atom is 0.326 e. The molecular weight excluding hydrogens is 240 g/mol. The molecule has 0 heterocycles. The zero-order valence-electron chi connectivity index (χ0n) is 10.3. The standard InChI is InChI=1S/C11H14N2O5/c1-7(11(14)15)12(2)8-4-5-9(13(16)17)10(6-8)18-3/h4-7H,1-3H3,(H,14,15). The van der Waals surface area contributed by atoms with E-state index < -0.39 is 16.9 Å². The van der Waals surface area contributed by atoms with Crippen molar-refractivity contribution in [3.05, 3.63) is 28.3 Å². The minimum Gasteiger partial charge on any atom is -0.490 e. The van der Waals surface area contributed by atoms with Crippen LogP contribution in [0.3, 0.4) is 0 Å². The van der Waals surface area contributed by atoms with E-state index >= 15 is 0 Å². The topological polar surface area (TPSA) is 92.9 Å². The van der Waals surface area contributed by atoms with Crippen LogP contribution in [-0.2, 0) is 4.79 Å². The van der Waals surface area contributed by atoms with Crippen LogP contribution in [0.4, 0.5) is 11.4 Å². The lowest BCUT2D eigenvalue weighted by molar-refractivity contribution is -0.385. The highest BCUT2D eigenvalue weighted by atomic mass is 16.6. The van der Waals surface area contributed by atoms with Crippen molar-refractivity contribution in [3.63, 3.8) is 0 Å². The molecule has 7 nitrogen and oxygen atoms in total. The summed E-state index contributed by atoms with van der Waals surface area (Å²) < 4.78 is 4.92. The molecule has 0 radical (unpaired) electrons. The van der Waals surface area contributed by atoms with Gasteiger partial charge in [0.05, 0.1) is 12.0 Å². The van der Waals surface area contributed by atoms with Gasteiger partial charge < -0.3 is 14.7 Å². The lowest BCUT2D eigenvalue weighted by atomic mass is 10.2. The van der Waals surface area contributed by atoms with Gasteiger partial charge in [-0.2, -0.15) is 0 Å². The monoisotopic (exact) mass is 254 g/mol. The fraction of sp³-hybridized carbons (Fsp3) is 0.364. The average Bonchev–Trinajstić information content (AvgIpc) is 2.35. The normalized spacial score (nSPS) is 11.7. The van der Waals surface area contributed by atoms with Gasteiger partial charge in [0, 0.05) is 24.9 Å². The zero-order valence-corrected chi connectivity index (χ0v) is 10.3. The first-order chi connectivity index (χ1) is 8.38. The van der Waals surface area contributed by atoms with Crippen LogP contribution in [0.1, 0.15) is 6.92 Å². The predicted octanol–water partition coefficient (Wildman–Crippen LogP) is 1.51. The molecule has 0 aliphatic rings. The van der Waals surface area contributed by atoms with Crippen molar-refractivity contribution in [2.45, 2.75) is 13.0 Å². The third kappa shape index (κ3) is 2.68. The fourth-order valence-corrected chi connectivity index (χ4v) is 1.43. The largest absolute Gasteiger partial charge is 0.490 e. The van der Waals surface area contributed by atoms with Gasteiger partial charge in [-0.3, -0.25) is 10.1 Å². The van der Waals surface area contributed by atoms with Crippen molar-refractivity contribution in [1.82, 2.24) is 0 Å². The second kappa shape index (κ2) is 5.35. The average molecular weight is 254 g/mol. The number of hydrogen-bond acceptors (Lipinski definition) is 5. The summed E-state index contributed by atoms with van der Waals surface area (Å²) in [5.41, 5.74) is 0.380. The van der Waals surface area contributed by atoms with E-state index in [2.05, 4.69) is 0 Å². The molecule has 98 valence electrons. The first kappa shape index (κ1) is 13.8. The highest BCUT2D eigenvalue weighted by Crippen LogP contribution is 2.31. The van der Waals surface area contributed by atoms with E-state index in [4.69, 9.17) is 9.84 Å². The number of hydrogen-bond donors (Lipinski definition) is 1. The first-order valence-corrected chi connectivity index (χ1v) is 5.16. The number of carboxylic acids is 1. The molecule has 0 amide bonds. The Balaban J connectivity index is 3.13. The molecule has 1 unspecified atom stereocenters. The van der Waals surface area contributed by atoms with Crippen LogP contribution in [0.5, 0.6) is 5.75 Å². The molecule has 0 aliphatic carbocycles. The number of carboxylic acid groups (broad SMARTS) is 1. The summed E-state index contributed by atoms with van der Waals surface area (Å²) in [4.78, 5) is 22.5.